The summed E-state index contributed by atoms with van der Waals surface area (Å²) in [6.07, 6.45) is 2.55. The van der Waals surface area contributed by atoms with Crippen LogP contribution in [-0.2, 0) is 4.79 Å². The van der Waals surface area contributed by atoms with Gasteiger partial charge in [0.2, 0.25) is 0 Å². The number of carbonyl (C=O) groups excluding carboxylic acids is 1. The van der Waals surface area contributed by atoms with Crippen LogP contribution >= 0.6 is 0 Å². The first-order valence-corrected chi connectivity index (χ1v) is 5.73. The highest BCUT2D eigenvalue weighted by molar-refractivity contribution is 5.75. The minimum atomic E-state index is -0.782. The van der Waals surface area contributed by atoms with Gasteiger partial charge < -0.3 is 15.3 Å². The van der Waals surface area contributed by atoms with Gasteiger partial charge in [0.05, 0.1) is 6.42 Å². The van der Waals surface area contributed by atoms with E-state index in [1.807, 2.05) is 0 Å². The van der Waals surface area contributed by atoms with Gasteiger partial charge in [0, 0.05) is 25.6 Å². The Hall–Kier alpha value is -1.26. The lowest BCUT2D eigenvalue weighted by molar-refractivity contribution is -0.139. The van der Waals surface area contributed by atoms with E-state index in [1.54, 1.807) is 4.90 Å². The second kappa shape index (κ2) is 3.96. The van der Waals surface area contributed by atoms with Gasteiger partial charge in [-0.05, 0) is 18.3 Å². The van der Waals surface area contributed by atoms with Gasteiger partial charge >= 0.3 is 12.0 Å². The largest absolute Gasteiger partial charge is 0.481 e. The molecular formula is C11H18N2O3. The fraction of sp³-hybridized carbons (Fsp3) is 0.818. The van der Waals surface area contributed by atoms with Gasteiger partial charge in [-0.15, -0.1) is 0 Å². The molecule has 0 aromatic heterocycles. The first-order chi connectivity index (χ1) is 7.48. The van der Waals surface area contributed by atoms with Crippen LogP contribution in [0.5, 0.6) is 0 Å². The van der Waals surface area contributed by atoms with Crippen molar-refractivity contribution in [1.29, 1.82) is 0 Å². The zero-order valence-corrected chi connectivity index (χ0v) is 9.53. The van der Waals surface area contributed by atoms with Gasteiger partial charge in [0.1, 0.15) is 0 Å². The van der Waals surface area contributed by atoms with E-state index in [2.05, 4.69) is 12.2 Å². The predicted molar refractivity (Wildman–Crippen MR) is 58.1 cm³/mol. The van der Waals surface area contributed by atoms with Crippen LogP contribution < -0.4 is 5.32 Å². The van der Waals surface area contributed by atoms with Crippen LogP contribution in [-0.4, -0.2) is 41.6 Å². The minimum absolute atomic E-state index is 0.0465. The fourth-order valence-electron chi connectivity index (χ4n) is 1.90. The van der Waals surface area contributed by atoms with Crippen molar-refractivity contribution in [3.63, 3.8) is 0 Å². The lowest BCUT2D eigenvalue weighted by Crippen LogP contribution is -2.54. The highest BCUT2D eigenvalue weighted by Gasteiger charge is 2.38. The molecule has 0 radical (unpaired) electrons. The van der Waals surface area contributed by atoms with Crippen molar-refractivity contribution in [1.82, 2.24) is 10.2 Å². The molecule has 1 heterocycles. The van der Waals surface area contributed by atoms with E-state index in [1.165, 1.54) is 12.8 Å². The molecule has 0 atom stereocenters. The SMILES string of the molecule is CC1(CNC(=O)N2CC(CC(=O)O)C2)CC1. The van der Waals surface area contributed by atoms with E-state index in [4.69, 9.17) is 5.11 Å². The van der Waals surface area contributed by atoms with E-state index in [-0.39, 0.29) is 18.4 Å². The number of rotatable bonds is 4. The highest BCUT2D eigenvalue weighted by atomic mass is 16.4. The Labute approximate surface area is 94.8 Å². The number of carboxylic acids is 1. The number of nitrogens with one attached hydrogen (secondary N) is 1. The lowest BCUT2D eigenvalue weighted by atomic mass is 9.97. The fourth-order valence-corrected chi connectivity index (χ4v) is 1.90. The average Bonchev–Trinajstić information content (AvgIpc) is 2.86. The van der Waals surface area contributed by atoms with Crippen LogP contribution in [0.3, 0.4) is 0 Å². The molecule has 2 amide bonds. The molecule has 1 saturated carbocycles. The summed E-state index contributed by atoms with van der Waals surface area (Å²) in [5.74, 6) is -0.643. The summed E-state index contributed by atoms with van der Waals surface area (Å²) in [6, 6.07) is -0.0465. The normalized spacial score (nSPS) is 22.4. The van der Waals surface area contributed by atoms with Gasteiger partial charge in [-0.25, -0.2) is 4.79 Å². The Morgan fingerprint density at radius 3 is 2.56 bits per heavy atom. The Kier molecular flexibility index (Phi) is 2.78. The van der Waals surface area contributed by atoms with Crippen LogP contribution in [0, 0.1) is 11.3 Å². The molecule has 5 nitrogen and oxygen atoms in total. The summed E-state index contributed by atoms with van der Waals surface area (Å²) in [7, 11) is 0. The summed E-state index contributed by atoms with van der Waals surface area (Å²) in [6.45, 7) is 4.06. The molecule has 2 aliphatic rings. The standard InChI is InChI=1S/C11H18N2O3/c1-11(2-3-11)7-12-10(16)13-5-8(6-13)4-9(14)15/h8H,2-7H2,1H3,(H,12,16)(H,14,15). The number of aliphatic carboxylic acids is 1. The molecule has 2 rings (SSSR count). The predicted octanol–water partition coefficient (Wildman–Crippen LogP) is 0.903. The number of amides is 2. The Bertz CT molecular complexity index is 306. The third kappa shape index (κ3) is 2.65. The van der Waals surface area contributed by atoms with E-state index < -0.39 is 5.97 Å². The van der Waals surface area contributed by atoms with Crippen molar-refractivity contribution in [2.75, 3.05) is 19.6 Å². The molecule has 5 heteroatoms. The number of carbonyl (C=O) groups is 2. The number of nitrogens with zero attached hydrogens (tertiary/aromatic N) is 1. The molecule has 16 heavy (non-hydrogen) atoms. The molecule has 0 spiro atoms. The Morgan fingerprint density at radius 2 is 2.06 bits per heavy atom. The summed E-state index contributed by atoms with van der Waals surface area (Å²) in [4.78, 5) is 23.7. The van der Waals surface area contributed by atoms with Crippen LogP contribution in [0.4, 0.5) is 4.79 Å². The molecule has 1 aliphatic carbocycles. The number of hydrogen-bond donors (Lipinski definition) is 2. The van der Waals surface area contributed by atoms with Gasteiger partial charge in [-0.1, -0.05) is 6.92 Å². The second-order valence-electron chi connectivity index (χ2n) is 5.34. The van der Waals surface area contributed by atoms with E-state index >= 15 is 0 Å². The number of likely N-dealkylation sites (tertiary alicyclic amines) is 1. The van der Waals surface area contributed by atoms with Crippen molar-refractivity contribution < 1.29 is 14.7 Å². The van der Waals surface area contributed by atoms with Gasteiger partial charge in [-0.2, -0.15) is 0 Å². The summed E-state index contributed by atoms with van der Waals surface area (Å²) in [5.41, 5.74) is 0.320. The molecule has 2 N–H and O–H groups in total. The van der Waals surface area contributed by atoms with Crippen molar-refractivity contribution in [2.24, 2.45) is 11.3 Å². The molecule has 0 aromatic rings. The smallest absolute Gasteiger partial charge is 0.317 e. The molecule has 1 saturated heterocycles. The van der Waals surface area contributed by atoms with E-state index in [0.717, 1.165) is 6.54 Å². The Morgan fingerprint density at radius 1 is 1.44 bits per heavy atom. The Balaban J connectivity index is 1.63. The summed E-state index contributed by atoms with van der Waals surface area (Å²) >= 11 is 0. The zero-order chi connectivity index (χ0) is 11.8. The molecule has 2 fully saturated rings. The first kappa shape index (κ1) is 11.2. The second-order valence-corrected chi connectivity index (χ2v) is 5.34. The molecule has 0 bridgehead atoms. The van der Waals surface area contributed by atoms with Gasteiger partial charge in [-0.3, -0.25) is 4.79 Å². The van der Waals surface area contributed by atoms with Crippen LogP contribution in [0.15, 0.2) is 0 Å². The number of hydrogen-bond acceptors (Lipinski definition) is 2. The maximum Gasteiger partial charge on any atom is 0.317 e. The molecule has 0 unspecified atom stereocenters. The van der Waals surface area contributed by atoms with Crippen molar-refractivity contribution in [2.45, 2.75) is 26.2 Å². The first-order valence-electron chi connectivity index (χ1n) is 5.73. The summed E-state index contributed by atoms with van der Waals surface area (Å²) < 4.78 is 0. The maximum absolute atomic E-state index is 11.6. The molecule has 0 aromatic carbocycles. The van der Waals surface area contributed by atoms with Crippen molar-refractivity contribution in [3.8, 4) is 0 Å². The molecular weight excluding hydrogens is 208 g/mol. The topological polar surface area (TPSA) is 69.6 Å². The minimum Gasteiger partial charge on any atom is -0.481 e. The third-order valence-corrected chi connectivity index (χ3v) is 3.48. The van der Waals surface area contributed by atoms with E-state index in [9.17, 15) is 9.59 Å². The molecule has 90 valence electrons. The third-order valence-electron chi connectivity index (χ3n) is 3.48. The molecule has 1 aliphatic heterocycles. The van der Waals surface area contributed by atoms with Crippen molar-refractivity contribution >= 4 is 12.0 Å². The van der Waals surface area contributed by atoms with E-state index in [0.29, 0.717) is 18.5 Å². The van der Waals surface area contributed by atoms with Crippen LogP contribution in [0.2, 0.25) is 0 Å². The number of urea groups is 1. The lowest BCUT2D eigenvalue weighted by Gasteiger charge is -2.38. The highest BCUT2D eigenvalue weighted by Crippen LogP contribution is 2.44. The quantitative estimate of drug-likeness (QED) is 0.748. The van der Waals surface area contributed by atoms with Crippen LogP contribution in [0.1, 0.15) is 26.2 Å². The average molecular weight is 226 g/mol. The van der Waals surface area contributed by atoms with Crippen molar-refractivity contribution in [3.05, 3.63) is 0 Å². The summed E-state index contributed by atoms with van der Waals surface area (Å²) in [5, 5.41) is 11.5. The number of carboxylic acid groups (broad SMARTS) is 1. The van der Waals surface area contributed by atoms with Crippen LogP contribution in [0.25, 0.3) is 0 Å². The monoisotopic (exact) mass is 226 g/mol. The zero-order valence-electron chi connectivity index (χ0n) is 9.53. The maximum atomic E-state index is 11.6. The van der Waals surface area contributed by atoms with Gasteiger partial charge in [0.25, 0.3) is 0 Å². The van der Waals surface area contributed by atoms with Gasteiger partial charge in [0.15, 0.2) is 0 Å².